The molecule has 0 aliphatic carbocycles. The van der Waals surface area contributed by atoms with Crippen molar-refractivity contribution in [3.8, 4) is 0 Å². The summed E-state index contributed by atoms with van der Waals surface area (Å²) in [5.41, 5.74) is 7.71. The quantitative estimate of drug-likeness (QED) is 0.867. The van der Waals surface area contributed by atoms with Gasteiger partial charge in [-0.2, -0.15) is 0 Å². The van der Waals surface area contributed by atoms with Gasteiger partial charge in [0, 0.05) is 26.6 Å². The summed E-state index contributed by atoms with van der Waals surface area (Å²) in [7, 11) is 0. The van der Waals surface area contributed by atoms with Gasteiger partial charge in [-0.3, -0.25) is 9.69 Å². The Hall–Kier alpha value is -1.46. The summed E-state index contributed by atoms with van der Waals surface area (Å²) in [6.45, 7) is 5.45. The number of carbonyl (C=O) groups is 1. The summed E-state index contributed by atoms with van der Waals surface area (Å²) in [5, 5.41) is 2.88. The molecule has 1 saturated heterocycles. The number of halogens is 1. The van der Waals surface area contributed by atoms with E-state index in [1.807, 2.05) is 0 Å². The minimum absolute atomic E-state index is 0.0322. The van der Waals surface area contributed by atoms with Crippen molar-refractivity contribution in [3.63, 3.8) is 0 Å². The average Bonchev–Trinajstić information content (AvgIpc) is 2.47. The molecule has 3 N–H and O–H groups in total. The molecule has 1 fully saturated rings. The Labute approximate surface area is 125 Å². The van der Waals surface area contributed by atoms with Gasteiger partial charge in [-0.25, -0.2) is 4.39 Å². The lowest BCUT2D eigenvalue weighted by atomic mass is 9.96. The number of rotatable bonds is 5. The van der Waals surface area contributed by atoms with E-state index in [9.17, 15) is 9.18 Å². The molecule has 0 saturated carbocycles. The Morgan fingerprint density at radius 3 is 2.71 bits per heavy atom. The molecule has 0 bridgehead atoms. The molecular formula is C16H24FN3O. The molecule has 1 heterocycles. The van der Waals surface area contributed by atoms with Crippen molar-refractivity contribution in [1.29, 1.82) is 0 Å². The first-order valence-corrected chi connectivity index (χ1v) is 7.52. The van der Waals surface area contributed by atoms with Crippen LogP contribution in [0.2, 0.25) is 0 Å². The molecule has 2 rings (SSSR count). The molecule has 1 aromatic rings. The van der Waals surface area contributed by atoms with Crippen LogP contribution in [0.25, 0.3) is 0 Å². The lowest BCUT2D eigenvalue weighted by Crippen LogP contribution is -2.38. The van der Waals surface area contributed by atoms with E-state index in [-0.39, 0.29) is 11.7 Å². The summed E-state index contributed by atoms with van der Waals surface area (Å²) in [6.07, 6.45) is 2.13. The van der Waals surface area contributed by atoms with Crippen LogP contribution in [0.15, 0.2) is 18.2 Å². The first-order valence-electron chi connectivity index (χ1n) is 7.52. The van der Waals surface area contributed by atoms with Crippen molar-refractivity contribution >= 4 is 5.91 Å². The van der Waals surface area contributed by atoms with Crippen molar-refractivity contribution in [1.82, 2.24) is 10.2 Å². The highest BCUT2D eigenvalue weighted by Gasteiger charge is 2.20. The van der Waals surface area contributed by atoms with E-state index in [1.54, 1.807) is 19.1 Å². The molecule has 1 aliphatic heterocycles. The van der Waals surface area contributed by atoms with Crippen molar-refractivity contribution in [3.05, 3.63) is 35.1 Å². The molecule has 5 heteroatoms. The van der Waals surface area contributed by atoms with E-state index in [1.165, 1.54) is 6.07 Å². The number of nitrogens with two attached hydrogens (primary N) is 1. The fourth-order valence-electron chi connectivity index (χ4n) is 2.82. The maximum absolute atomic E-state index is 13.4. The normalized spacial score (nSPS) is 16.9. The fraction of sp³-hybridized carbons (Fsp3) is 0.562. The molecule has 1 aliphatic rings. The molecule has 1 aromatic carbocycles. The highest BCUT2D eigenvalue weighted by Crippen LogP contribution is 2.20. The summed E-state index contributed by atoms with van der Waals surface area (Å²) < 4.78 is 13.4. The number of amides is 1. The maximum Gasteiger partial charge on any atom is 0.216 e. The van der Waals surface area contributed by atoms with Crippen LogP contribution in [0.5, 0.6) is 0 Å². The standard InChI is InChI=1S/C16H24FN3O/c1-12(21)19-10-13-4-6-20(7-5-13)11-15-8-16(17)3-2-14(15)9-18/h2-3,8,13H,4-7,9-11,18H2,1H3,(H,19,21). The minimum Gasteiger partial charge on any atom is -0.356 e. The van der Waals surface area contributed by atoms with E-state index in [4.69, 9.17) is 5.73 Å². The molecule has 4 nitrogen and oxygen atoms in total. The predicted octanol–water partition coefficient (Wildman–Crippen LogP) is 1.63. The number of piperidine rings is 1. The Balaban J connectivity index is 1.86. The number of nitrogens with zero attached hydrogens (tertiary/aromatic N) is 1. The molecule has 0 radical (unpaired) electrons. The van der Waals surface area contributed by atoms with Crippen LogP contribution in [-0.4, -0.2) is 30.4 Å². The predicted molar refractivity (Wildman–Crippen MR) is 81.0 cm³/mol. The first kappa shape index (κ1) is 15.9. The highest BCUT2D eigenvalue weighted by atomic mass is 19.1. The van der Waals surface area contributed by atoms with Crippen molar-refractivity contribution in [2.45, 2.75) is 32.9 Å². The minimum atomic E-state index is -0.206. The molecule has 0 atom stereocenters. The van der Waals surface area contributed by atoms with Gasteiger partial charge in [0.2, 0.25) is 5.91 Å². The molecule has 21 heavy (non-hydrogen) atoms. The van der Waals surface area contributed by atoms with Gasteiger partial charge in [0.1, 0.15) is 5.82 Å². The lowest BCUT2D eigenvalue weighted by molar-refractivity contribution is -0.119. The summed E-state index contributed by atoms with van der Waals surface area (Å²) >= 11 is 0. The Morgan fingerprint density at radius 1 is 1.38 bits per heavy atom. The van der Waals surface area contributed by atoms with Crippen LogP contribution in [0.1, 0.15) is 30.9 Å². The van der Waals surface area contributed by atoms with Crippen molar-refractivity contribution < 1.29 is 9.18 Å². The second-order valence-corrected chi connectivity index (χ2v) is 5.77. The number of likely N-dealkylation sites (tertiary alicyclic amines) is 1. The SMILES string of the molecule is CC(=O)NCC1CCN(Cc2cc(F)ccc2CN)CC1. The van der Waals surface area contributed by atoms with Gasteiger partial charge >= 0.3 is 0 Å². The zero-order valence-electron chi connectivity index (χ0n) is 12.6. The number of carbonyl (C=O) groups excluding carboxylic acids is 1. The van der Waals surface area contributed by atoms with Crippen LogP contribution < -0.4 is 11.1 Å². The Kier molecular flexibility index (Phi) is 5.70. The number of nitrogens with one attached hydrogen (secondary N) is 1. The van der Waals surface area contributed by atoms with Gasteiger partial charge in [0.05, 0.1) is 0 Å². The van der Waals surface area contributed by atoms with Crippen molar-refractivity contribution in [2.75, 3.05) is 19.6 Å². The maximum atomic E-state index is 13.4. The van der Waals surface area contributed by atoms with Crippen LogP contribution in [0.4, 0.5) is 4.39 Å². The molecule has 0 aromatic heterocycles. The second-order valence-electron chi connectivity index (χ2n) is 5.77. The van der Waals surface area contributed by atoms with Crippen LogP contribution in [0.3, 0.4) is 0 Å². The van der Waals surface area contributed by atoms with Gasteiger partial charge in [-0.15, -0.1) is 0 Å². The number of hydrogen-bond acceptors (Lipinski definition) is 3. The van der Waals surface area contributed by atoms with E-state index < -0.39 is 0 Å². The number of benzene rings is 1. The monoisotopic (exact) mass is 293 g/mol. The second kappa shape index (κ2) is 7.52. The van der Waals surface area contributed by atoms with Gasteiger partial charge in [0.25, 0.3) is 0 Å². The summed E-state index contributed by atoms with van der Waals surface area (Å²) in [6, 6.07) is 4.82. The van der Waals surface area contributed by atoms with E-state index in [2.05, 4.69) is 10.2 Å². The van der Waals surface area contributed by atoms with Gasteiger partial charge in [0.15, 0.2) is 0 Å². The lowest BCUT2D eigenvalue weighted by Gasteiger charge is -2.32. The van der Waals surface area contributed by atoms with Crippen molar-refractivity contribution in [2.24, 2.45) is 11.7 Å². The number of hydrogen-bond donors (Lipinski definition) is 2. The molecule has 0 unspecified atom stereocenters. The molecular weight excluding hydrogens is 269 g/mol. The largest absolute Gasteiger partial charge is 0.356 e. The van der Waals surface area contributed by atoms with E-state index in [0.29, 0.717) is 12.5 Å². The first-order chi connectivity index (χ1) is 10.1. The zero-order chi connectivity index (χ0) is 15.2. The highest BCUT2D eigenvalue weighted by molar-refractivity contribution is 5.72. The van der Waals surface area contributed by atoms with E-state index >= 15 is 0 Å². The van der Waals surface area contributed by atoms with Crippen LogP contribution in [0, 0.1) is 11.7 Å². The summed E-state index contributed by atoms with van der Waals surface area (Å²) in [4.78, 5) is 13.3. The summed E-state index contributed by atoms with van der Waals surface area (Å²) in [5.74, 6) is 0.374. The average molecular weight is 293 g/mol. The third-order valence-electron chi connectivity index (χ3n) is 4.13. The zero-order valence-corrected chi connectivity index (χ0v) is 12.6. The topological polar surface area (TPSA) is 58.4 Å². The van der Waals surface area contributed by atoms with Crippen LogP contribution in [-0.2, 0) is 17.9 Å². The molecule has 0 spiro atoms. The fourth-order valence-corrected chi connectivity index (χ4v) is 2.82. The van der Waals surface area contributed by atoms with Crippen LogP contribution >= 0.6 is 0 Å². The van der Waals surface area contributed by atoms with E-state index in [0.717, 1.165) is 50.1 Å². The third-order valence-corrected chi connectivity index (χ3v) is 4.13. The molecule has 1 amide bonds. The van der Waals surface area contributed by atoms with Gasteiger partial charge < -0.3 is 11.1 Å². The smallest absolute Gasteiger partial charge is 0.216 e. The third kappa shape index (κ3) is 4.79. The Morgan fingerprint density at radius 2 is 2.10 bits per heavy atom. The van der Waals surface area contributed by atoms with Gasteiger partial charge in [-0.1, -0.05) is 6.07 Å². The van der Waals surface area contributed by atoms with Gasteiger partial charge in [-0.05, 0) is 55.1 Å². The molecule has 116 valence electrons. The Bertz CT molecular complexity index is 484.